The topological polar surface area (TPSA) is 86.7 Å². The molecule has 4 heterocycles. The van der Waals surface area contributed by atoms with Gasteiger partial charge in [-0.2, -0.15) is 0 Å². The molecule has 1 aliphatic rings. The van der Waals surface area contributed by atoms with Crippen molar-refractivity contribution >= 4 is 22.8 Å². The first-order valence-electron chi connectivity index (χ1n) is 7.67. The van der Waals surface area contributed by atoms with Crippen LogP contribution in [0.25, 0.3) is 11.2 Å². The first kappa shape index (κ1) is 13.9. The van der Waals surface area contributed by atoms with Crippen LogP contribution in [0, 0.1) is 13.8 Å². The van der Waals surface area contributed by atoms with Gasteiger partial charge in [0.15, 0.2) is 11.5 Å². The van der Waals surface area contributed by atoms with Crippen molar-refractivity contribution in [2.75, 3.05) is 36.0 Å². The maximum absolute atomic E-state index is 4.55. The van der Waals surface area contributed by atoms with Gasteiger partial charge in [-0.05, 0) is 13.8 Å². The molecular weight excluding hydrogens is 292 g/mol. The molecule has 1 fully saturated rings. The molecule has 0 bridgehead atoms. The monoisotopic (exact) mass is 310 g/mol. The Morgan fingerprint density at radius 3 is 2.52 bits per heavy atom. The number of imidazole rings is 1. The first-order valence-corrected chi connectivity index (χ1v) is 7.67. The molecule has 8 heteroatoms. The molecule has 4 rings (SSSR count). The number of fused-ring (bicyclic) bond motifs is 1. The highest BCUT2D eigenvalue weighted by Gasteiger charge is 2.21. The van der Waals surface area contributed by atoms with Crippen LogP contribution < -0.4 is 9.80 Å². The number of rotatable bonds is 2. The maximum Gasteiger partial charge on any atom is 0.182 e. The second-order valence-corrected chi connectivity index (χ2v) is 5.69. The molecule has 0 atom stereocenters. The van der Waals surface area contributed by atoms with Crippen LogP contribution >= 0.6 is 0 Å². The lowest BCUT2D eigenvalue weighted by Crippen LogP contribution is -2.47. The Hall–Kier alpha value is -2.77. The number of aromatic nitrogens is 6. The second kappa shape index (κ2) is 5.45. The van der Waals surface area contributed by atoms with Crippen LogP contribution in [0.4, 0.5) is 11.6 Å². The molecule has 1 saturated heterocycles. The molecule has 0 unspecified atom stereocenters. The molecule has 0 spiro atoms. The quantitative estimate of drug-likeness (QED) is 0.758. The van der Waals surface area contributed by atoms with Crippen molar-refractivity contribution in [3.63, 3.8) is 0 Å². The van der Waals surface area contributed by atoms with Crippen LogP contribution in [-0.4, -0.2) is 56.1 Å². The van der Waals surface area contributed by atoms with Crippen LogP contribution in [0.1, 0.15) is 11.5 Å². The SMILES string of the molecule is Cc1cc(N2CCN(c3ncnc4nc[nH]c34)CC2)nc(C)n1. The highest BCUT2D eigenvalue weighted by Crippen LogP contribution is 2.22. The maximum atomic E-state index is 4.55. The molecule has 0 saturated carbocycles. The van der Waals surface area contributed by atoms with E-state index in [0.717, 1.165) is 54.8 Å². The first-order chi connectivity index (χ1) is 11.2. The van der Waals surface area contributed by atoms with Crippen molar-refractivity contribution in [3.8, 4) is 0 Å². The summed E-state index contributed by atoms with van der Waals surface area (Å²) in [6.45, 7) is 7.50. The molecule has 118 valence electrons. The minimum atomic E-state index is 0.708. The normalized spacial score (nSPS) is 15.4. The lowest BCUT2D eigenvalue weighted by atomic mass is 10.3. The zero-order valence-electron chi connectivity index (χ0n) is 13.2. The molecule has 0 amide bonds. The van der Waals surface area contributed by atoms with Crippen LogP contribution in [-0.2, 0) is 0 Å². The molecule has 3 aromatic rings. The number of nitrogens with zero attached hydrogens (tertiary/aromatic N) is 7. The van der Waals surface area contributed by atoms with Crippen molar-refractivity contribution in [2.24, 2.45) is 0 Å². The number of hydrogen-bond acceptors (Lipinski definition) is 7. The van der Waals surface area contributed by atoms with Gasteiger partial charge in [0.2, 0.25) is 0 Å². The highest BCUT2D eigenvalue weighted by atomic mass is 15.3. The van der Waals surface area contributed by atoms with E-state index in [1.54, 1.807) is 12.7 Å². The molecule has 3 aromatic heterocycles. The number of aryl methyl sites for hydroxylation is 2. The van der Waals surface area contributed by atoms with E-state index in [0.29, 0.717) is 5.65 Å². The third kappa shape index (κ3) is 2.56. The zero-order chi connectivity index (χ0) is 15.8. The van der Waals surface area contributed by atoms with Crippen molar-refractivity contribution in [1.82, 2.24) is 29.9 Å². The molecular formula is C15H18N8. The predicted molar refractivity (Wildman–Crippen MR) is 87.6 cm³/mol. The Morgan fingerprint density at radius 1 is 0.957 bits per heavy atom. The number of aromatic amines is 1. The summed E-state index contributed by atoms with van der Waals surface area (Å²) in [5.41, 5.74) is 2.61. The van der Waals surface area contributed by atoms with Crippen molar-refractivity contribution in [2.45, 2.75) is 13.8 Å². The van der Waals surface area contributed by atoms with Gasteiger partial charge in [0, 0.05) is 37.9 Å². The Kier molecular flexibility index (Phi) is 3.29. The van der Waals surface area contributed by atoms with Crippen molar-refractivity contribution < 1.29 is 0 Å². The fourth-order valence-electron chi connectivity index (χ4n) is 3.00. The van der Waals surface area contributed by atoms with Gasteiger partial charge in [0.25, 0.3) is 0 Å². The third-order valence-electron chi connectivity index (χ3n) is 4.06. The third-order valence-corrected chi connectivity index (χ3v) is 4.06. The van der Waals surface area contributed by atoms with Gasteiger partial charge in [-0.25, -0.2) is 24.9 Å². The van der Waals surface area contributed by atoms with Gasteiger partial charge in [-0.3, -0.25) is 0 Å². The van der Waals surface area contributed by atoms with E-state index in [-0.39, 0.29) is 0 Å². The fourth-order valence-corrected chi connectivity index (χ4v) is 3.00. The van der Waals surface area contributed by atoms with Gasteiger partial charge in [0.1, 0.15) is 23.5 Å². The van der Waals surface area contributed by atoms with Crippen LogP contribution in [0.5, 0.6) is 0 Å². The van der Waals surface area contributed by atoms with E-state index < -0.39 is 0 Å². The largest absolute Gasteiger partial charge is 0.353 e. The minimum Gasteiger partial charge on any atom is -0.353 e. The minimum absolute atomic E-state index is 0.708. The Balaban J connectivity index is 1.54. The van der Waals surface area contributed by atoms with E-state index in [2.05, 4.69) is 39.7 Å². The van der Waals surface area contributed by atoms with Gasteiger partial charge >= 0.3 is 0 Å². The summed E-state index contributed by atoms with van der Waals surface area (Å²) >= 11 is 0. The van der Waals surface area contributed by atoms with Crippen LogP contribution in [0.3, 0.4) is 0 Å². The fraction of sp³-hybridized carbons (Fsp3) is 0.400. The summed E-state index contributed by atoms with van der Waals surface area (Å²) in [5, 5.41) is 0. The van der Waals surface area contributed by atoms with Crippen LogP contribution in [0.2, 0.25) is 0 Å². The number of hydrogen-bond donors (Lipinski definition) is 1. The van der Waals surface area contributed by atoms with E-state index in [1.807, 2.05) is 19.9 Å². The average Bonchev–Trinajstić information content (AvgIpc) is 3.02. The number of nitrogens with one attached hydrogen (secondary N) is 1. The van der Waals surface area contributed by atoms with Crippen molar-refractivity contribution in [3.05, 3.63) is 30.2 Å². The summed E-state index contributed by atoms with van der Waals surface area (Å²) in [4.78, 5) is 29.4. The van der Waals surface area contributed by atoms with E-state index in [1.165, 1.54) is 0 Å². The molecule has 0 radical (unpaired) electrons. The number of anilines is 2. The Labute approximate surface area is 133 Å². The summed E-state index contributed by atoms with van der Waals surface area (Å²) in [6.07, 6.45) is 3.23. The molecule has 8 nitrogen and oxygen atoms in total. The van der Waals surface area contributed by atoms with E-state index in [4.69, 9.17) is 0 Å². The number of H-pyrrole nitrogens is 1. The molecule has 23 heavy (non-hydrogen) atoms. The predicted octanol–water partition coefficient (Wildman–Crippen LogP) is 1.09. The van der Waals surface area contributed by atoms with Gasteiger partial charge in [-0.15, -0.1) is 0 Å². The summed E-state index contributed by atoms with van der Waals surface area (Å²) in [5.74, 6) is 2.74. The second-order valence-electron chi connectivity index (χ2n) is 5.69. The van der Waals surface area contributed by atoms with E-state index in [9.17, 15) is 0 Å². The van der Waals surface area contributed by atoms with Crippen LogP contribution in [0.15, 0.2) is 18.7 Å². The molecule has 0 aliphatic carbocycles. The van der Waals surface area contributed by atoms with Gasteiger partial charge < -0.3 is 14.8 Å². The summed E-state index contributed by atoms with van der Waals surface area (Å²) in [7, 11) is 0. The van der Waals surface area contributed by atoms with Gasteiger partial charge in [-0.1, -0.05) is 0 Å². The molecule has 1 N–H and O–H groups in total. The zero-order valence-corrected chi connectivity index (χ0v) is 13.2. The van der Waals surface area contributed by atoms with E-state index >= 15 is 0 Å². The number of piperazine rings is 1. The van der Waals surface area contributed by atoms with Crippen molar-refractivity contribution in [1.29, 1.82) is 0 Å². The Morgan fingerprint density at radius 2 is 1.74 bits per heavy atom. The lowest BCUT2D eigenvalue weighted by molar-refractivity contribution is 0.640. The summed E-state index contributed by atoms with van der Waals surface area (Å²) in [6, 6.07) is 2.04. The van der Waals surface area contributed by atoms with Gasteiger partial charge in [0.05, 0.1) is 6.33 Å². The standard InChI is InChI=1S/C15H18N8/c1-10-7-12(21-11(2)20-10)22-3-5-23(6-4-22)15-13-14(17-8-16-13)18-9-19-15/h7-9H,3-6H2,1-2H3,(H,16,17,18,19). The summed E-state index contributed by atoms with van der Waals surface area (Å²) < 4.78 is 0. The average molecular weight is 310 g/mol. The molecule has 1 aliphatic heterocycles. The molecule has 0 aromatic carbocycles. The Bertz CT molecular complexity index is 814. The highest BCUT2D eigenvalue weighted by molar-refractivity contribution is 5.82. The smallest absolute Gasteiger partial charge is 0.182 e. The lowest BCUT2D eigenvalue weighted by Gasteiger charge is -2.36.